The molecule has 0 bridgehead atoms. The number of hydrogen-bond donors (Lipinski definition) is 0. The zero-order valence-corrected chi connectivity index (χ0v) is 3.90. The van der Waals surface area contributed by atoms with Crippen LogP contribution < -0.4 is 0 Å². The van der Waals surface area contributed by atoms with Gasteiger partial charge in [0.25, 0.3) is 10.3 Å². The first-order valence-electron chi connectivity index (χ1n) is 1.22. The lowest BCUT2D eigenvalue weighted by Crippen LogP contribution is -1.58. The highest BCUT2D eigenvalue weighted by Gasteiger charge is 1.59. The molecule has 0 atom stereocenters. The minimum Gasteiger partial charge on any atom is -0.293 e. The summed E-state index contributed by atoms with van der Waals surface area (Å²) in [6.07, 6.45) is 0.295. The van der Waals surface area contributed by atoms with Crippen molar-refractivity contribution in [3.63, 3.8) is 0 Å². The average molecular weight is 124 g/mol. The highest BCUT2D eigenvalue weighted by Crippen LogP contribution is 1.64. The maximum absolute atomic E-state index is 10.5. The Morgan fingerprint density at radius 3 is 2.43 bits per heavy atom. The first-order chi connectivity index (χ1) is 3.27. The molecule has 0 unspecified atom stereocenters. The van der Waals surface area contributed by atoms with Gasteiger partial charge in [-0.25, -0.2) is 0 Å². The molecule has 3 nitrogen and oxygen atoms in total. The fourth-order valence-corrected chi connectivity index (χ4v) is 0.172. The van der Waals surface area contributed by atoms with Gasteiger partial charge in [0.1, 0.15) is 0 Å². The van der Waals surface area contributed by atoms with Crippen molar-refractivity contribution in [3.05, 3.63) is 6.26 Å². The van der Waals surface area contributed by atoms with Crippen molar-refractivity contribution < 1.29 is 17.9 Å². The molecule has 0 rings (SSSR count). The van der Waals surface area contributed by atoms with Crippen LogP contribution in [0, 0.1) is 0 Å². The van der Waals surface area contributed by atoms with Crippen molar-refractivity contribution in [1.29, 1.82) is 0 Å². The van der Waals surface area contributed by atoms with E-state index in [0.29, 0.717) is 6.26 Å². The minimum atomic E-state index is -2.49. The topological polar surface area (TPSA) is 43.4 Å². The van der Waals surface area contributed by atoms with E-state index in [1.54, 1.807) is 0 Å². The van der Waals surface area contributed by atoms with E-state index in [9.17, 15) is 12.9 Å². The highest BCUT2D eigenvalue weighted by molar-refractivity contribution is 7.70. The zero-order chi connectivity index (χ0) is 5.70. The molecule has 40 valence electrons. The Bertz CT molecular complexity index is 177. The van der Waals surface area contributed by atoms with E-state index in [-0.39, 0.29) is 0 Å². The van der Waals surface area contributed by atoms with Gasteiger partial charge in [-0.3, -0.25) is 4.94 Å². The maximum Gasteiger partial charge on any atom is 0.263 e. The third-order valence-corrected chi connectivity index (χ3v) is 0.478. The molecule has 0 spiro atoms. The molecule has 0 aliphatic rings. The summed E-state index contributed by atoms with van der Waals surface area (Å²) in [6, 6.07) is 0. The highest BCUT2D eigenvalue weighted by atomic mass is 32.2. The van der Waals surface area contributed by atoms with Crippen LogP contribution in [0.2, 0.25) is 0 Å². The zero-order valence-electron chi connectivity index (χ0n) is 3.09. The van der Waals surface area contributed by atoms with Gasteiger partial charge >= 0.3 is 0 Å². The van der Waals surface area contributed by atoms with Gasteiger partial charge in [-0.05, 0) is 0 Å². The summed E-state index contributed by atoms with van der Waals surface area (Å²) in [5.74, 6) is 0. The van der Waals surface area contributed by atoms with Crippen LogP contribution >= 0.6 is 0 Å². The quantitative estimate of drug-likeness (QED) is 0.355. The van der Waals surface area contributed by atoms with Crippen molar-refractivity contribution >= 4 is 15.3 Å². The first kappa shape index (κ1) is 6.20. The van der Waals surface area contributed by atoms with Gasteiger partial charge in [0.15, 0.2) is 6.26 Å². The minimum absolute atomic E-state index is 0.295. The predicted octanol–water partition coefficient (Wildman–Crippen LogP) is -0.319. The van der Waals surface area contributed by atoms with Crippen molar-refractivity contribution in [2.24, 2.45) is 0 Å². The van der Waals surface area contributed by atoms with Gasteiger partial charge in [-0.15, -0.1) is 0 Å². The van der Waals surface area contributed by atoms with Crippen LogP contribution in [0.15, 0.2) is 6.26 Å². The smallest absolute Gasteiger partial charge is 0.263 e. The average Bonchev–Trinajstić information content (AvgIpc) is 1.61. The number of rotatable bonds is 1. The molecule has 0 aliphatic heterocycles. The summed E-state index contributed by atoms with van der Waals surface area (Å²) in [5.41, 5.74) is 0. The molecule has 0 radical (unpaired) electrons. The lowest BCUT2D eigenvalue weighted by molar-refractivity contribution is -0.0592. The molecule has 0 aliphatic carbocycles. The summed E-state index contributed by atoms with van der Waals surface area (Å²) in [6.45, 7) is 0. The molecule has 0 aromatic rings. The van der Waals surface area contributed by atoms with E-state index in [0.717, 1.165) is 0 Å². The Morgan fingerprint density at radius 2 is 2.29 bits per heavy atom. The van der Waals surface area contributed by atoms with Crippen molar-refractivity contribution in [2.45, 2.75) is 0 Å². The van der Waals surface area contributed by atoms with Gasteiger partial charge in [0.2, 0.25) is 0 Å². The molecule has 0 N–H and O–H groups in total. The molecule has 7 heavy (non-hydrogen) atoms. The van der Waals surface area contributed by atoms with E-state index < -0.39 is 10.3 Å². The van der Waals surface area contributed by atoms with E-state index in [1.807, 2.05) is 0 Å². The van der Waals surface area contributed by atoms with Crippen LogP contribution in [0.4, 0.5) is 4.53 Å². The summed E-state index contributed by atoms with van der Waals surface area (Å²) in [4.78, 5) is 2.72. The Kier molecular flexibility index (Phi) is 3.00. The molecule has 0 aromatic heterocycles. The van der Waals surface area contributed by atoms with Crippen LogP contribution in [-0.4, -0.2) is 13.4 Å². The molecule has 0 amide bonds. The summed E-state index contributed by atoms with van der Waals surface area (Å²) in [7, 11) is -2.49. The van der Waals surface area contributed by atoms with Crippen molar-refractivity contribution in [3.8, 4) is 0 Å². The Hall–Kier alpha value is -0.800. The van der Waals surface area contributed by atoms with Gasteiger partial charge in [0.05, 0.1) is 5.02 Å². The fraction of sp³-hybridized carbons (Fsp3) is 0. The van der Waals surface area contributed by atoms with Gasteiger partial charge in [0, 0.05) is 4.53 Å². The molecule has 0 heterocycles. The van der Waals surface area contributed by atoms with Crippen LogP contribution in [0.1, 0.15) is 0 Å². The van der Waals surface area contributed by atoms with E-state index in [1.165, 1.54) is 5.02 Å². The number of halogens is 1. The molecular formula is C2HFO3S. The molecule has 0 saturated heterocycles. The Morgan fingerprint density at radius 1 is 1.71 bits per heavy atom. The normalized spacial score (nSPS) is 6.43. The predicted molar refractivity (Wildman–Crippen MR) is 20.7 cm³/mol. The molecule has 0 saturated carbocycles. The summed E-state index contributed by atoms with van der Waals surface area (Å²) < 4.78 is 29.2. The lowest BCUT2D eigenvalue weighted by Gasteiger charge is -1.62. The second-order valence-corrected chi connectivity index (χ2v) is 1.26. The summed E-state index contributed by atoms with van der Waals surface area (Å²) >= 11 is 0. The van der Waals surface area contributed by atoms with Crippen LogP contribution in [-0.2, 0) is 15.2 Å². The van der Waals surface area contributed by atoms with Gasteiger partial charge in [-0.2, -0.15) is 8.42 Å². The van der Waals surface area contributed by atoms with E-state index in [2.05, 4.69) is 4.94 Å². The van der Waals surface area contributed by atoms with E-state index >= 15 is 0 Å². The first-order valence-corrected chi connectivity index (χ1v) is 2.29. The SMILES string of the molecule is O=S(=O)=C=COF. The standard InChI is InChI=1S/C2HFO3S/c3-6-1-2-7(4)5/h1H. The monoisotopic (exact) mass is 124 g/mol. The molecular weight excluding hydrogens is 123 g/mol. The van der Waals surface area contributed by atoms with E-state index in [4.69, 9.17) is 0 Å². The van der Waals surface area contributed by atoms with Gasteiger partial charge in [-0.1, -0.05) is 0 Å². The second kappa shape index (κ2) is 3.39. The second-order valence-electron chi connectivity index (χ2n) is 0.559. The fourth-order valence-electron chi connectivity index (χ4n) is 0.0575. The molecule has 0 aromatic carbocycles. The number of hydrogen-bond acceptors (Lipinski definition) is 3. The molecule has 5 heteroatoms. The maximum atomic E-state index is 10.5. The third kappa shape index (κ3) is 5.20. The largest absolute Gasteiger partial charge is 0.293 e. The molecule has 0 fully saturated rings. The third-order valence-electron chi connectivity index (χ3n) is 0.189. The van der Waals surface area contributed by atoms with Crippen LogP contribution in [0.25, 0.3) is 0 Å². The van der Waals surface area contributed by atoms with Crippen molar-refractivity contribution in [1.82, 2.24) is 0 Å². The summed E-state index contributed by atoms with van der Waals surface area (Å²) in [5, 5.41) is 1.49. The lowest BCUT2D eigenvalue weighted by atomic mass is 11.2. The van der Waals surface area contributed by atoms with Crippen molar-refractivity contribution in [2.75, 3.05) is 0 Å². The Labute approximate surface area is 40.5 Å². The Balaban J connectivity index is 4.19. The van der Waals surface area contributed by atoms with Crippen LogP contribution in [0.3, 0.4) is 0 Å². The van der Waals surface area contributed by atoms with Gasteiger partial charge < -0.3 is 0 Å². The van der Waals surface area contributed by atoms with Crippen LogP contribution in [0.5, 0.6) is 0 Å².